The number of β-amino-alcohol motifs (C(OH)–C–C–N with tert-alkyl or cyclic N) is 2. The van der Waals surface area contributed by atoms with Gasteiger partial charge in [-0.15, -0.1) is 0 Å². The number of carbonyl (C=O) groups is 3. The summed E-state index contributed by atoms with van der Waals surface area (Å²) in [5, 5.41) is 43.6. The van der Waals surface area contributed by atoms with Crippen molar-refractivity contribution in [3.63, 3.8) is 0 Å². The predicted molar refractivity (Wildman–Crippen MR) is 240 cm³/mol. The van der Waals surface area contributed by atoms with Crippen molar-refractivity contribution in [1.29, 1.82) is 0 Å². The van der Waals surface area contributed by atoms with E-state index in [-0.39, 0.29) is 55.1 Å². The molecule has 0 unspecified atom stereocenters. The number of pyridine rings is 2. The monoisotopic (exact) mass is 936 g/mol. The first kappa shape index (κ1) is 51.1. The lowest BCUT2D eigenvalue weighted by Gasteiger charge is -2.26. The summed E-state index contributed by atoms with van der Waals surface area (Å²) >= 11 is 0. The van der Waals surface area contributed by atoms with E-state index < -0.39 is 53.6 Å². The third-order valence-corrected chi connectivity index (χ3v) is 9.30. The molecule has 0 spiro atoms. The summed E-state index contributed by atoms with van der Waals surface area (Å²) in [5.74, 6) is 10.1. The quantitative estimate of drug-likeness (QED) is 0.0464. The lowest BCUT2D eigenvalue weighted by Crippen LogP contribution is -2.43. The number of aromatic nitrogens is 4. The van der Waals surface area contributed by atoms with Crippen molar-refractivity contribution in [2.45, 2.75) is 89.9 Å². The molecule has 2 fully saturated rings. The van der Waals surface area contributed by atoms with Crippen LogP contribution >= 0.6 is 0 Å². The average Bonchev–Trinajstić information content (AvgIpc) is 4.03. The highest BCUT2D eigenvalue weighted by molar-refractivity contribution is 5.95. The smallest absolute Gasteiger partial charge is 0.411 e. The van der Waals surface area contributed by atoms with E-state index in [4.69, 9.17) is 30.0 Å². The minimum Gasteiger partial charge on any atom is -0.480 e. The molecule has 2 aromatic carbocycles. The Kier molecular flexibility index (Phi) is 16.9. The number of nitrogens with zero attached hydrogens (tertiary/aromatic N) is 7. The van der Waals surface area contributed by atoms with Crippen LogP contribution in [-0.4, -0.2) is 117 Å². The molecular formula is C48H50F2N8O10. The fraction of sp³-hybridized carbons (Fsp3) is 0.333. The van der Waals surface area contributed by atoms with Crippen LogP contribution in [-0.2, 0) is 14.3 Å². The van der Waals surface area contributed by atoms with Gasteiger partial charge in [-0.1, -0.05) is 46.1 Å². The molecule has 5 aromatic rings. The number of ether oxygens (including phenoxy) is 2. The van der Waals surface area contributed by atoms with Crippen molar-refractivity contribution < 1.29 is 57.7 Å². The predicted octanol–water partition coefficient (Wildman–Crippen LogP) is 5.87. The Morgan fingerprint density at radius 2 is 1.26 bits per heavy atom. The van der Waals surface area contributed by atoms with Crippen LogP contribution in [0, 0.1) is 35.3 Å². The van der Waals surface area contributed by atoms with Crippen LogP contribution in [0.2, 0.25) is 0 Å². The molecule has 0 saturated carbocycles. The molecule has 7 rings (SSSR count). The molecule has 18 nitrogen and oxygen atoms in total. The van der Waals surface area contributed by atoms with E-state index in [1.54, 1.807) is 96.3 Å². The van der Waals surface area contributed by atoms with Crippen molar-refractivity contribution >= 4 is 24.0 Å². The van der Waals surface area contributed by atoms with Crippen LogP contribution < -0.4 is 5.73 Å². The highest BCUT2D eigenvalue weighted by Crippen LogP contribution is 2.33. The Morgan fingerprint density at radius 3 is 1.75 bits per heavy atom. The minimum atomic E-state index is -1.12. The van der Waals surface area contributed by atoms with Gasteiger partial charge in [0.25, 0.3) is 0 Å². The fourth-order valence-electron chi connectivity index (χ4n) is 6.31. The van der Waals surface area contributed by atoms with Gasteiger partial charge < -0.3 is 40.3 Å². The summed E-state index contributed by atoms with van der Waals surface area (Å²) in [6, 6.07) is 17.2. The van der Waals surface area contributed by atoms with Gasteiger partial charge in [0.05, 0.1) is 25.3 Å². The van der Waals surface area contributed by atoms with E-state index in [9.17, 15) is 33.4 Å². The molecule has 2 amide bonds. The molecule has 3 aromatic heterocycles. The van der Waals surface area contributed by atoms with E-state index in [1.807, 2.05) is 0 Å². The Labute approximate surface area is 390 Å². The second-order valence-corrected chi connectivity index (χ2v) is 17.2. The van der Waals surface area contributed by atoms with Crippen LogP contribution in [0.15, 0.2) is 94.9 Å². The summed E-state index contributed by atoms with van der Waals surface area (Å²) < 4.78 is 42.1. The van der Waals surface area contributed by atoms with E-state index in [1.165, 1.54) is 35.4 Å². The number of carboxylic acids is 1. The van der Waals surface area contributed by atoms with E-state index in [0.29, 0.717) is 33.6 Å². The average molecular weight is 937 g/mol. The number of aliphatic hydroxyl groups excluding tert-OH is 2. The lowest BCUT2D eigenvalue weighted by atomic mass is 10.2. The number of rotatable bonds is 4. The summed E-state index contributed by atoms with van der Waals surface area (Å²) in [6.07, 6.45) is 0.612. The van der Waals surface area contributed by atoms with Crippen LogP contribution in [0.4, 0.5) is 18.4 Å². The first-order valence-electron chi connectivity index (χ1n) is 20.9. The van der Waals surface area contributed by atoms with Gasteiger partial charge in [0.15, 0.2) is 5.84 Å². The molecular weight excluding hydrogens is 887 g/mol. The Balaban J connectivity index is 0.000000209. The van der Waals surface area contributed by atoms with Gasteiger partial charge >= 0.3 is 18.2 Å². The number of halogens is 2. The maximum atomic E-state index is 13.3. The van der Waals surface area contributed by atoms with Gasteiger partial charge in [-0.3, -0.25) is 19.8 Å². The SMILES string of the molecule is CC(C)(C)OC(=O)N1C[C@H](O)C[C@H]1C(=O)O.CC(C)(C)OC(=O)N1C[C@H](O)C[C@H]1c1nc(-c2ccc(C#Cc3cccc(F)c3)cn2)no1.N/C(=N\O)c1ccc(C#Cc2cccc(F)c2)cn1. The molecule has 20 heteroatoms. The highest BCUT2D eigenvalue weighted by atomic mass is 19.1. The second-order valence-electron chi connectivity index (χ2n) is 17.2. The second kappa shape index (κ2) is 22.5. The fourth-order valence-corrected chi connectivity index (χ4v) is 6.31. The number of carboxylic acid groups (broad SMARTS) is 1. The molecule has 0 aliphatic carbocycles. The number of oxime groups is 1. The number of benzene rings is 2. The molecule has 2 saturated heterocycles. The number of nitrogens with two attached hydrogens (primary N) is 1. The highest BCUT2D eigenvalue weighted by Gasteiger charge is 2.42. The number of likely N-dealkylation sites (tertiary alicyclic amines) is 2. The van der Waals surface area contributed by atoms with Crippen LogP contribution in [0.25, 0.3) is 11.5 Å². The van der Waals surface area contributed by atoms with Crippen molar-refractivity contribution in [3.05, 3.63) is 131 Å². The van der Waals surface area contributed by atoms with Gasteiger partial charge in [-0.05, 0) is 102 Å². The zero-order valence-electron chi connectivity index (χ0n) is 37.9. The third kappa shape index (κ3) is 15.3. The lowest BCUT2D eigenvalue weighted by molar-refractivity contribution is -0.142. The number of hydrogen-bond acceptors (Lipinski definition) is 14. The van der Waals surface area contributed by atoms with Gasteiger partial charge in [0, 0.05) is 47.5 Å². The van der Waals surface area contributed by atoms with Crippen molar-refractivity contribution in [1.82, 2.24) is 29.9 Å². The Hall–Kier alpha value is -7.94. The molecule has 4 atom stereocenters. The summed E-state index contributed by atoms with van der Waals surface area (Å²) in [4.78, 5) is 50.2. The topological polar surface area (TPSA) is 260 Å². The Bertz CT molecular complexity index is 2710. The summed E-state index contributed by atoms with van der Waals surface area (Å²) in [7, 11) is 0. The van der Waals surface area contributed by atoms with E-state index in [0.717, 1.165) is 4.90 Å². The molecule has 356 valence electrons. The number of carbonyl (C=O) groups excluding carboxylic acids is 2. The molecule has 0 bridgehead atoms. The van der Waals surface area contributed by atoms with Gasteiger partial charge in [0.2, 0.25) is 11.7 Å². The summed E-state index contributed by atoms with van der Waals surface area (Å²) in [6.45, 7) is 10.5. The minimum absolute atomic E-state index is 0.00583. The number of hydrogen-bond donors (Lipinski definition) is 5. The first-order valence-corrected chi connectivity index (χ1v) is 20.9. The maximum Gasteiger partial charge on any atom is 0.411 e. The first-order chi connectivity index (χ1) is 32.1. The number of amides is 2. The van der Waals surface area contributed by atoms with Crippen molar-refractivity contribution in [2.24, 2.45) is 10.9 Å². The van der Waals surface area contributed by atoms with E-state index >= 15 is 0 Å². The molecule has 6 N–H and O–H groups in total. The van der Waals surface area contributed by atoms with Gasteiger partial charge in [-0.25, -0.2) is 23.2 Å². The summed E-state index contributed by atoms with van der Waals surface area (Å²) in [5.41, 5.74) is 7.31. The number of aliphatic carboxylic acids is 1. The van der Waals surface area contributed by atoms with Crippen LogP contribution in [0.5, 0.6) is 0 Å². The normalized spacial score (nSPS) is 17.8. The van der Waals surface area contributed by atoms with Gasteiger partial charge in [0.1, 0.15) is 46.3 Å². The molecule has 5 heterocycles. The largest absolute Gasteiger partial charge is 0.480 e. The van der Waals surface area contributed by atoms with E-state index in [2.05, 4.69) is 48.9 Å². The maximum absolute atomic E-state index is 13.3. The van der Waals surface area contributed by atoms with Crippen molar-refractivity contribution in [2.75, 3.05) is 13.1 Å². The zero-order chi connectivity index (χ0) is 49.8. The van der Waals surface area contributed by atoms with Gasteiger partial charge in [-0.2, -0.15) is 4.98 Å². The number of aliphatic hydroxyl groups is 2. The van der Waals surface area contributed by atoms with Crippen LogP contribution in [0.1, 0.15) is 94.3 Å². The standard InChI is InChI=1S/C24H23FN4O4.C14H10FN3O.C10H17NO5/c1-24(2,3)32-23(31)29-14-18(30)12-20(29)22-27-21(28-33-22)19-10-9-16(13-26-19)8-7-15-5-4-6-17(25)11-15;15-12-3-1-2-10(8-12)4-5-11-6-7-13(17-9-11)14(16)18-19;1-10(2,3)16-9(15)11-5-6(12)4-7(11)8(13)14/h4-6,9-11,13,18,20,30H,12,14H2,1-3H3;1-3,6-9,19H,(H2,16,18);6-7,12H,4-5H2,1-3H3,(H,13,14)/t18-,20+;;6-,7+/m1.1/s1. The molecule has 68 heavy (non-hydrogen) atoms. The van der Waals surface area contributed by atoms with Crippen LogP contribution in [0.3, 0.4) is 0 Å². The third-order valence-electron chi connectivity index (χ3n) is 9.30. The van der Waals surface area contributed by atoms with Crippen molar-refractivity contribution in [3.8, 4) is 35.2 Å². The molecule has 2 aliphatic rings. The molecule has 0 radical (unpaired) electrons. The zero-order valence-corrected chi connectivity index (χ0v) is 37.9. The molecule has 2 aliphatic heterocycles. The number of amidine groups is 1. The Morgan fingerprint density at radius 1 is 0.750 bits per heavy atom.